The molecule has 3 heteroatoms. The average molecular weight is 293 g/mol. The fraction of sp³-hybridized carbons (Fsp3) is 0.588. The molecule has 0 spiro atoms. The molecule has 0 fully saturated rings. The van der Waals surface area contributed by atoms with Crippen LogP contribution in [0.3, 0.4) is 0 Å². The number of hydrogen-bond acceptors (Lipinski definition) is 1. The SMILES string of the molecule is Cc1cc(C#CS(C(C)C)(C(C)C)C(C)C)cc(=O)[nH]1. The van der Waals surface area contributed by atoms with Crippen LogP contribution >= 0.6 is 10.0 Å². The molecule has 1 heterocycles. The minimum absolute atomic E-state index is 0.0754. The van der Waals surface area contributed by atoms with Crippen molar-refractivity contribution in [3.05, 3.63) is 33.7 Å². The Balaban J connectivity index is 3.34. The van der Waals surface area contributed by atoms with E-state index in [4.69, 9.17) is 0 Å². The van der Waals surface area contributed by atoms with E-state index in [2.05, 4.69) is 57.7 Å². The summed E-state index contributed by atoms with van der Waals surface area (Å²) >= 11 is 0. The maximum atomic E-state index is 11.5. The van der Waals surface area contributed by atoms with Crippen molar-refractivity contribution >= 4 is 10.0 Å². The molecule has 1 rings (SSSR count). The number of rotatable bonds is 3. The van der Waals surface area contributed by atoms with Gasteiger partial charge in [0.15, 0.2) is 0 Å². The van der Waals surface area contributed by atoms with Crippen LogP contribution in [-0.2, 0) is 0 Å². The van der Waals surface area contributed by atoms with Crippen molar-refractivity contribution in [2.45, 2.75) is 64.2 Å². The fourth-order valence-electron chi connectivity index (χ4n) is 2.89. The predicted molar refractivity (Wildman–Crippen MR) is 91.7 cm³/mol. The van der Waals surface area contributed by atoms with Gasteiger partial charge in [-0.2, -0.15) is 10.0 Å². The molecule has 0 unspecified atom stereocenters. The average Bonchev–Trinajstić information content (AvgIpc) is 2.26. The zero-order valence-electron chi connectivity index (χ0n) is 13.7. The number of aryl methyl sites for hydroxylation is 1. The van der Waals surface area contributed by atoms with Crippen LogP contribution in [0.25, 0.3) is 0 Å². The maximum Gasteiger partial charge on any atom is 0.249 e. The number of H-pyrrole nitrogens is 1. The van der Waals surface area contributed by atoms with Gasteiger partial charge in [-0.3, -0.25) is 4.79 Å². The molecule has 0 atom stereocenters. The second-order valence-electron chi connectivity index (χ2n) is 6.05. The second-order valence-corrected chi connectivity index (χ2v) is 10.6. The third-order valence-corrected chi connectivity index (χ3v) is 8.83. The number of aromatic amines is 1. The van der Waals surface area contributed by atoms with Crippen LogP contribution < -0.4 is 5.56 Å². The lowest BCUT2D eigenvalue weighted by Crippen LogP contribution is -2.27. The number of hydrogen-bond donors (Lipinski definition) is 1. The smallest absolute Gasteiger partial charge is 0.249 e. The Labute approximate surface area is 124 Å². The summed E-state index contributed by atoms with van der Waals surface area (Å²) in [4.78, 5) is 14.3. The van der Waals surface area contributed by atoms with Crippen LogP contribution in [0.5, 0.6) is 0 Å². The van der Waals surface area contributed by atoms with Crippen molar-refractivity contribution in [1.29, 1.82) is 0 Å². The van der Waals surface area contributed by atoms with Gasteiger partial charge in [0.25, 0.3) is 0 Å². The molecule has 20 heavy (non-hydrogen) atoms. The predicted octanol–water partition coefficient (Wildman–Crippen LogP) is 4.02. The number of aromatic nitrogens is 1. The lowest BCUT2D eigenvalue weighted by Gasteiger charge is -2.46. The van der Waals surface area contributed by atoms with Gasteiger partial charge in [0, 0.05) is 17.3 Å². The molecule has 0 aliphatic carbocycles. The number of nitrogens with one attached hydrogen (secondary N) is 1. The minimum Gasteiger partial charge on any atom is -0.326 e. The number of pyridine rings is 1. The molecule has 1 N–H and O–H groups in total. The third-order valence-electron chi connectivity index (χ3n) is 3.69. The van der Waals surface area contributed by atoms with Gasteiger partial charge in [-0.25, -0.2) is 0 Å². The molecule has 0 bridgehead atoms. The van der Waals surface area contributed by atoms with E-state index >= 15 is 0 Å². The summed E-state index contributed by atoms with van der Waals surface area (Å²) in [6, 6.07) is 3.53. The highest BCUT2D eigenvalue weighted by Gasteiger charge is 2.32. The monoisotopic (exact) mass is 293 g/mol. The van der Waals surface area contributed by atoms with E-state index in [0.717, 1.165) is 11.3 Å². The largest absolute Gasteiger partial charge is 0.326 e. The molecule has 0 amide bonds. The van der Waals surface area contributed by atoms with Gasteiger partial charge in [0.2, 0.25) is 5.56 Å². The van der Waals surface area contributed by atoms with Crippen molar-refractivity contribution in [2.24, 2.45) is 0 Å². The molecule has 1 aromatic rings. The third kappa shape index (κ3) is 3.49. The van der Waals surface area contributed by atoms with Crippen molar-refractivity contribution in [3.8, 4) is 11.2 Å². The van der Waals surface area contributed by atoms with Gasteiger partial charge in [-0.15, -0.1) is 0 Å². The van der Waals surface area contributed by atoms with Crippen LogP contribution in [0.1, 0.15) is 52.8 Å². The molecular weight excluding hydrogens is 266 g/mol. The summed E-state index contributed by atoms with van der Waals surface area (Å²) in [7, 11) is -1.04. The topological polar surface area (TPSA) is 32.9 Å². The zero-order chi connectivity index (χ0) is 15.5. The van der Waals surface area contributed by atoms with E-state index in [1.54, 1.807) is 6.07 Å². The van der Waals surface area contributed by atoms with E-state index in [-0.39, 0.29) is 5.56 Å². The van der Waals surface area contributed by atoms with Gasteiger partial charge < -0.3 is 4.98 Å². The first-order chi connectivity index (χ1) is 9.20. The summed E-state index contributed by atoms with van der Waals surface area (Å²) in [5.74, 6) is 3.28. The lowest BCUT2D eigenvalue weighted by molar-refractivity contribution is 0.959. The first-order valence-electron chi connectivity index (χ1n) is 7.23. The molecule has 2 nitrogen and oxygen atoms in total. The van der Waals surface area contributed by atoms with E-state index in [1.165, 1.54) is 0 Å². The Bertz CT molecular complexity index is 551. The van der Waals surface area contributed by atoms with Crippen molar-refractivity contribution in [1.82, 2.24) is 4.98 Å². The standard InChI is InChI=1S/C17H27NOS/c1-12(2)20(13(3)4,14(5)6)9-8-16-10-15(7)18-17(19)11-16/h10-14H,1-7H3,(H,18,19). The van der Waals surface area contributed by atoms with Gasteiger partial charge in [-0.1, -0.05) is 47.5 Å². The fourth-order valence-corrected chi connectivity index (χ4v) is 7.16. The Kier molecular flexibility index (Phi) is 5.53. The Hall–Kier alpha value is -1.14. The highest BCUT2D eigenvalue weighted by atomic mass is 32.3. The van der Waals surface area contributed by atoms with Crippen LogP contribution in [0, 0.1) is 18.1 Å². The molecule has 1 aromatic heterocycles. The van der Waals surface area contributed by atoms with Crippen molar-refractivity contribution in [2.75, 3.05) is 0 Å². The summed E-state index contributed by atoms with van der Waals surface area (Å²) in [5.41, 5.74) is 1.61. The lowest BCUT2D eigenvalue weighted by atomic mass is 10.2. The van der Waals surface area contributed by atoms with E-state index in [9.17, 15) is 4.79 Å². The normalized spacial score (nSPS) is 12.7. The first kappa shape index (κ1) is 16.9. The van der Waals surface area contributed by atoms with Gasteiger partial charge in [0.1, 0.15) is 0 Å². The van der Waals surface area contributed by atoms with Crippen molar-refractivity contribution in [3.63, 3.8) is 0 Å². The summed E-state index contributed by atoms with van der Waals surface area (Å²) < 4.78 is 0. The van der Waals surface area contributed by atoms with Crippen LogP contribution in [0.4, 0.5) is 0 Å². The Morgan fingerprint density at radius 2 is 1.50 bits per heavy atom. The van der Waals surface area contributed by atoms with E-state index in [1.807, 2.05) is 13.0 Å². The van der Waals surface area contributed by atoms with Gasteiger partial charge in [-0.05, 0) is 34.0 Å². The Morgan fingerprint density at radius 3 is 1.90 bits per heavy atom. The summed E-state index contributed by atoms with van der Waals surface area (Å²) in [6.45, 7) is 15.5. The Morgan fingerprint density at radius 1 is 1.00 bits per heavy atom. The zero-order valence-corrected chi connectivity index (χ0v) is 14.5. The molecule has 0 aliphatic heterocycles. The highest BCUT2D eigenvalue weighted by molar-refractivity contribution is 8.38. The molecule has 0 radical (unpaired) electrons. The van der Waals surface area contributed by atoms with Crippen molar-refractivity contribution < 1.29 is 0 Å². The van der Waals surface area contributed by atoms with Gasteiger partial charge >= 0.3 is 0 Å². The molecule has 112 valence electrons. The summed E-state index contributed by atoms with van der Waals surface area (Å²) in [6.07, 6.45) is 0. The molecule has 0 saturated carbocycles. The molecular formula is C17H27NOS. The minimum atomic E-state index is -1.04. The van der Waals surface area contributed by atoms with E-state index in [0.29, 0.717) is 15.7 Å². The first-order valence-corrected chi connectivity index (χ1v) is 9.06. The van der Waals surface area contributed by atoms with Gasteiger partial charge in [0.05, 0.1) is 0 Å². The second kappa shape index (κ2) is 6.54. The van der Waals surface area contributed by atoms with Crippen LogP contribution in [-0.4, -0.2) is 20.7 Å². The molecule has 0 aromatic carbocycles. The quantitative estimate of drug-likeness (QED) is 0.839. The molecule has 0 saturated heterocycles. The summed E-state index contributed by atoms with van der Waals surface area (Å²) in [5, 5.41) is 5.24. The highest BCUT2D eigenvalue weighted by Crippen LogP contribution is 2.59. The van der Waals surface area contributed by atoms with E-state index < -0.39 is 10.0 Å². The maximum absolute atomic E-state index is 11.5. The van der Waals surface area contributed by atoms with Crippen LogP contribution in [0.2, 0.25) is 0 Å². The van der Waals surface area contributed by atoms with Crippen LogP contribution in [0.15, 0.2) is 16.9 Å². The molecule has 0 aliphatic rings.